The molecule has 2 N–H and O–H groups in total. The average molecular weight is 292 g/mol. The molecule has 1 saturated heterocycles. The van der Waals surface area contributed by atoms with E-state index in [9.17, 15) is 4.79 Å². The molecule has 0 bridgehead atoms. The van der Waals surface area contributed by atoms with Gasteiger partial charge in [0.15, 0.2) is 5.11 Å². The highest BCUT2D eigenvalue weighted by Gasteiger charge is 2.37. The predicted molar refractivity (Wildman–Crippen MR) is 79.3 cm³/mol. The SMILES string of the molecule is C=C1NC(=S)NC(c2ccc(OC)cc2)C1C(=O)OC. The van der Waals surface area contributed by atoms with Gasteiger partial charge in [0.2, 0.25) is 0 Å². The number of esters is 1. The number of carbonyl (C=O) groups excluding carboxylic acids is 1. The molecular weight excluding hydrogens is 276 g/mol. The number of methoxy groups -OCH3 is 2. The summed E-state index contributed by atoms with van der Waals surface area (Å²) in [6.45, 7) is 3.86. The van der Waals surface area contributed by atoms with Crippen molar-refractivity contribution in [2.24, 2.45) is 5.92 Å². The number of rotatable bonds is 3. The van der Waals surface area contributed by atoms with Gasteiger partial charge < -0.3 is 20.1 Å². The topological polar surface area (TPSA) is 59.6 Å². The zero-order chi connectivity index (χ0) is 14.7. The summed E-state index contributed by atoms with van der Waals surface area (Å²) in [5.74, 6) is -0.155. The van der Waals surface area contributed by atoms with Crippen LogP contribution < -0.4 is 15.4 Å². The van der Waals surface area contributed by atoms with Crippen molar-refractivity contribution in [2.75, 3.05) is 14.2 Å². The van der Waals surface area contributed by atoms with Crippen LogP contribution in [0.15, 0.2) is 36.5 Å². The fraction of sp³-hybridized carbons (Fsp3) is 0.286. The average Bonchev–Trinajstić information content (AvgIpc) is 2.46. The number of benzene rings is 1. The van der Waals surface area contributed by atoms with Crippen LogP contribution in [0.4, 0.5) is 0 Å². The Morgan fingerprint density at radius 1 is 1.30 bits per heavy atom. The minimum atomic E-state index is -0.542. The summed E-state index contributed by atoms with van der Waals surface area (Å²) in [5.41, 5.74) is 1.44. The van der Waals surface area contributed by atoms with Crippen LogP contribution in [-0.2, 0) is 9.53 Å². The number of ether oxygens (including phenoxy) is 2. The summed E-state index contributed by atoms with van der Waals surface area (Å²) >= 11 is 5.12. The number of hydrogen-bond acceptors (Lipinski definition) is 4. The van der Waals surface area contributed by atoms with E-state index in [2.05, 4.69) is 17.2 Å². The Hall–Kier alpha value is -2.08. The summed E-state index contributed by atoms with van der Waals surface area (Å²) in [5, 5.41) is 6.39. The molecule has 0 amide bonds. The van der Waals surface area contributed by atoms with E-state index in [1.54, 1.807) is 7.11 Å². The minimum Gasteiger partial charge on any atom is -0.497 e. The van der Waals surface area contributed by atoms with Crippen LogP contribution in [0.3, 0.4) is 0 Å². The molecule has 1 aromatic rings. The second kappa shape index (κ2) is 5.92. The van der Waals surface area contributed by atoms with Crippen molar-refractivity contribution in [1.82, 2.24) is 10.6 Å². The highest BCUT2D eigenvalue weighted by atomic mass is 32.1. The highest BCUT2D eigenvalue weighted by molar-refractivity contribution is 7.80. The van der Waals surface area contributed by atoms with E-state index in [1.807, 2.05) is 24.3 Å². The first-order chi connectivity index (χ1) is 9.56. The van der Waals surface area contributed by atoms with Gasteiger partial charge in [-0.1, -0.05) is 18.7 Å². The van der Waals surface area contributed by atoms with Gasteiger partial charge in [-0.3, -0.25) is 4.79 Å². The first-order valence-electron chi connectivity index (χ1n) is 6.05. The predicted octanol–water partition coefficient (Wildman–Crippen LogP) is 1.52. The minimum absolute atomic E-state index is 0.311. The largest absolute Gasteiger partial charge is 0.497 e. The van der Waals surface area contributed by atoms with Gasteiger partial charge in [-0.15, -0.1) is 0 Å². The lowest BCUT2D eigenvalue weighted by molar-refractivity contribution is -0.145. The first-order valence-corrected chi connectivity index (χ1v) is 6.45. The monoisotopic (exact) mass is 292 g/mol. The lowest BCUT2D eigenvalue weighted by Gasteiger charge is -2.34. The molecule has 0 saturated carbocycles. The number of hydrogen-bond donors (Lipinski definition) is 2. The molecule has 2 atom stereocenters. The fourth-order valence-corrected chi connectivity index (χ4v) is 2.44. The van der Waals surface area contributed by atoms with E-state index in [0.29, 0.717) is 10.8 Å². The lowest BCUT2D eigenvalue weighted by atomic mass is 9.89. The van der Waals surface area contributed by atoms with E-state index in [4.69, 9.17) is 21.7 Å². The maximum absolute atomic E-state index is 12.0. The number of carbonyl (C=O) groups is 1. The molecule has 2 unspecified atom stereocenters. The Kier molecular flexibility index (Phi) is 4.24. The van der Waals surface area contributed by atoms with Crippen molar-refractivity contribution in [3.05, 3.63) is 42.1 Å². The molecule has 0 aliphatic carbocycles. The Labute approximate surface area is 123 Å². The maximum atomic E-state index is 12.0. The third-order valence-electron chi connectivity index (χ3n) is 3.20. The molecule has 1 aliphatic rings. The fourth-order valence-electron chi connectivity index (χ4n) is 2.18. The van der Waals surface area contributed by atoms with Crippen molar-refractivity contribution < 1.29 is 14.3 Å². The van der Waals surface area contributed by atoms with Crippen molar-refractivity contribution in [2.45, 2.75) is 6.04 Å². The molecule has 20 heavy (non-hydrogen) atoms. The van der Waals surface area contributed by atoms with Gasteiger partial charge in [0.25, 0.3) is 0 Å². The van der Waals surface area contributed by atoms with Gasteiger partial charge in [0.1, 0.15) is 11.7 Å². The van der Waals surface area contributed by atoms with Crippen LogP contribution in [0.5, 0.6) is 5.75 Å². The van der Waals surface area contributed by atoms with Crippen LogP contribution in [0.2, 0.25) is 0 Å². The zero-order valence-corrected chi connectivity index (χ0v) is 12.1. The van der Waals surface area contributed by atoms with Gasteiger partial charge in [0.05, 0.1) is 20.3 Å². The molecule has 0 aromatic heterocycles. The van der Waals surface area contributed by atoms with E-state index in [1.165, 1.54) is 7.11 Å². The molecule has 6 heteroatoms. The molecule has 1 aromatic carbocycles. The molecule has 5 nitrogen and oxygen atoms in total. The van der Waals surface area contributed by atoms with Crippen molar-refractivity contribution >= 4 is 23.3 Å². The highest BCUT2D eigenvalue weighted by Crippen LogP contribution is 2.31. The van der Waals surface area contributed by atoms with Gasteiger partial charge in [-0.05, 0) is 29.9 Å². The van der Waals surface area contributed by atoms with Crippen LogP contribution in [-0.4, -0.2) is 25.3 Å². The van der Waals surface area contributed by atoms with Gasteiger partial charge in [0, 0.05) is 5.70 Å². The van der Waals surface area contributed by atoms with Gasteiger partial charge in [-0.25, -0.2) is 0 Å². The summed E-state index contributed by atoms with van der Waals surface area (Å²) < 4.78 is 9.97. The summed E-state index contributed by atoms with van der Waals surface area (Å²) in [7, 11) is 2.96. The Balaban J connectivity index is 2.34. The van der Waals surface area contributed by atoms with Crippen molar-refractivity contribution in [3.8, 4) is 5.75 Å². The standard InChI is InChI=1S/C14H16N2O3S/c1-8-11(13(17)19-3)12(16-14(20)15-8)9-4-6-10(18-2)7-5-9/h4-7,11-12H,1H2,2-3H3,(H2,15,16,20). The lowest BCUT2D eigenvalue weighted by Crippen LogP contribution is -2.50. The number of nitrogens with one attached hydrogen (secondary N) is 2. The Morgan fingerprint density at radius 3 is 2.50 bits per heavy atom. The summed E-state index contributed by atoms with van der Waals surface area (Å²) in [6, 6.07) is 7.12. The molecule has 2 rings (SSSR count). The molecule has 1 aliphatic heterocycles. The Morgan fingerprint density at radius 2 is 1.95 bits per heavy atom. The third-order valence-corrected chi connectivity index (χ3v) is 3.42. The summed E-state index contributed by atoms with van der Waals surface area (Å²) in [4.78, 5) is 12.0. The van der Waals surface area contributed by atoms with Gasteiger partial charge in [-0.2, -0.15) is 0 Å². The smallest absolute Gasteiger partial charge is 0.317 e. The second-order valence-electron chi connectivity index (χ2n) is 4.38. The first kappa shape index (κ1) is 14.3. The quantitative estimate of drug-likeness (QED) is 0.650. The number of thiocarbonyl (C=S) groups is 1. The zero-order valence-electron chi connectivity index (χ0n) is 11.3. The van der Waals surface area contributed by atoms with Crippen molar-refractivity contribution in [3.63, 3.8) is 0 Å². The summed E-state index contributed by atoms with van der Waals surface area (Å²) in [6.07, 6.45) is 0. The Bertz CT molecular complexity index is 542. The molecule has 106 valence electrons. The van der Waals surface area contributed by atoms with E-state index >= 15 is 0 Å². The molecule has 0 radical (unpaired) electrons. The van der Waals surface area contributed by atoms with Crippen LogP contribution in [0.25, 0.3) is 0 Å². The van der Waals surface area contributed by atoms with Crippen LogP contribution in [0, 0.1) is 5.92 Å². The van der Waals surface area contributed by atoms with E-state index < -0.39 is 5.92 Å². The molecular formula is C14H16N2O3S. The molecule has 1 heterocycles. The van der Waals surface area contributed by atoms with Crippen LogP contribution >= 0.6 is 12.2 Å². The normalized spacial score (nSPS) is 21.7. The van der Waals surface area contributed by atoms with Crippen molar-refractivity contribution in [1.29, 1.82) is 0 Å². The molecule has 0 spiro atoms. The van der Waals surface area contributed by atoms with Crippen LogP contribution in [0.1, 0.15) is 11.6 Å². The second-order valence-corrected chi connectivity index (χ2v) is 4.78. The molecule has 1 fully saturated rings. The van der Waals surface area contributed by atoms with Gasteiger partial charge >= 0.3 is 5.97 Å². The maximum Gasteiger partial charge on any atom is 0.317 e. The van der Waals surface area contributed by atoms with E-state index in [0.717, 1.165) is 11.3 Å². The third kappa shape index (κ3) is 2.75. The van der Waals surface area contributed by atoms with E-state index in [-0.39, 0.29) is 12.0 Å².